The molecule has 4 aromatic carbocycles. The van der Waals surface area contributed by atoms with Crippen LogP contribution in [0.15, 0.2) is 84.9 Å². The molecule has 4 N–H and O–H groups in total. The van der Waals surface area contributed by atoms with Crippen LogP contribution in [0, 0.1) is 0 Å². The van der Waals surface area contributed by atoms with Crippen molar-refractivity contribution in [3.05, 3.63) is 96.1 Å². The topological polar surface area (TPSA) is 115 Å². The molecule has 35 heavy (non-hydrogen) atoms. The van der Waals surface area contributed by atoms with Crippen LogP contribution in [-0.4, -0.2) is 42.6 Å². The molecule has 0 bridgehead atoms. The van der Waals surface area contributed by atoms with Crippen LogP contribution in [0.2, 0.25) is 0 Å². The van der Waals surface area contributed by atoms with Crippen molar-refractivity contribution in [3.8, 4) is 0 Å². The Bertz CT molecular complexity index is 1260. The molecule has 0 fully saturated rings. The maximum absolute atomic E-state index is 11.4. The van der Waals surface area contributed by atoms with E-state index in [2.05, 4.69) is 0 Å². The van der Waals surface area contributed by atoms with Crippen molar-refractivity contribution in [1.29, 1.82) is 0 Å². The molecule has 0 amide bonds. The highest BCUT2D eigenvalue weighted by Gasteiger charge is 2.29. The highest BCUT2D eigenvalue weighted by molar-refractivity contribution is 7.52. The molecular formula is C26H30MgO6P2. The Kier molecular flexibility index (Phi) is 10.7. The minimum Gasteiger partial charge on any atom is -0.324 e. The van der Waals surface area contributed by atoms with E-state index in [4.69, 9.17) is 0 Å². The molecule has 2 atom stereocenters. The molecule has 9 heteroatoms. The lowest BCUT2D eigenvalue weighted by Crippen LogP contribution is -1.98. The predicted molar refractivity (Wildman–Crippen MR) is 144 cm³/mol. The molecule has 2 radical (unpaired) electrons. The maximum atomic E-state index is 11.4. The first-order valence-electron chi connectivity index (χ1n) is 11.1. The van der Waals surface area contributed by atoms with Crippen LogP contribution in [0.4, 0.5) is 0 Å². The van der Waals surface area contributed by atoms with Gasteiger partial charge in [-0.3, -0.25) is 9.13 Å². The Balaban J connectivity index is 0.000000240. The van der Waals surface area contributed by atoms with Gasteiger partial charge in [-0.1, -0.05) is 98.8 Å². The van der Waals surface area contributed by atoms with Crippen molar-refractivity contribution < 1.29 is 28.7 Å². The van der Waals surface area contributed by atoms with Crippen LogP contribution in [0.25, 0.3) is 21.5 Å². The molecular weight excluding hydrogens is 495 g/mol. The van der Waals surface area contributed by atoms with E-state index in [9.17, 15) is 28.7 Å². The summed E-state index contributed by atoms with van der Waals surface area (Å²) < 4.78 is 22.8. The van der Waals surface area contributed by atoms with Crippen LogP contribution in [0.5, 0.6) is 0 Å². The van der Waals surface area contributed by atoms with E-state index in [0.29, 0.717) is 24.0 Å². The quantitative estimate of drug-likeness (QED) is 0.168. The lowest BCUT2D eigenvalue weighted by atomic mass is 10.0. The van der Waals surface area contributed by atoms with Crippen LogP contribution in [-0.2, 0) is 9.13 Å². The fraction of sp³-hybridized carbons (Fsp3) is 0.231. The second-order valence-corrected chi connectivity index (χ2v) is 11.8. The number of hydrogen-bond donors (Lipinski definition) is 4. The van der Waals surface area contributed by atoms with Crippen LogP contribution >= 0.6 is 15.2 Å². The Labute approximate surface area is 221 Å². The van der Waals surface area contributed by atoms with E-state index >= 15 is 0 Å². The van der Waals surface area contributed by atoms with E-state index in [0.717, 1.165) is 21.5 Å². The number of benzene rings is 4. The second kappa shape index (κ2) is 12.6. The van der Waals surface area contributed by atoms with E-state index in [1.54, 1.807) is 26.0 Å². The Hall–Kier alpha value is -1.53. The van der Waals surface area contributed by atoms with Gasteiger partial charge in [0.25, 0.3) is 0 Å². The fourth-order valence-corrected chi connectivity index (χ4v) is 6.21. The third kappa shape index (κ3) is 7.72. The summed E-state index contributed by atoms with van der Waals surface area (Å²) in [5.41, 5.74) is 0.0123. The summed E-state index contributed by atoms with van der Waals surface area (Å²) in [7, 11) is -8.15. The first-order valence-corrected chi connectivity index (χ1v) is 14.5. The average molecular weight is 525 g/mol. The van der Waals surface area contributed by atoms with E-state index in [-0.39, 0.29) is 23.1 Å². The molecule has 0 aliphatic rings. The molecule has 0 aliphatic heterocycles. The predicted octanol–water partition coefficient (Wildman–Crippen LogP) is 6.56. The molecule has 2 unspecified atom stereocenters. The van der Waals surface area contributed by atoms with Gasteiger partial charge < -0.3 is 19.6 Å². The Morgan fingerprint density at radius 1 is 0.571 bits per heavy atom. The highest BCUT2D eigenvalue weighted by Crippen LogP contribution is 2.54. The Morgan fingerprint density at radius 2 is 0.886 bits per heavy atom. The summed E-state index contributed by atoms with van der Waals surface area (Å²) in [6.45, 7) is 3.58. The van der Waals surface area contributed by atoms with Crippen molar-refractivity contribution in [3.63, 3.8) is 0 Å². The molecule has 4 rings (SSSR count). The summed E-state index contributed by atoms with van der Waals surface area (Å²) in [4.78, 5) is 37.3. The normalized spacial score (nSPS) is 13.4. The summed E-state index contributed by atoms with van der Waals surface area (Å²) >= 11 is 0. The lowest BCUT2D eigenvalue weighted by Gasteiger charge is -2.17. The first kappa shape index (κ1) is 29.7. The SMILES string of the molecule is CCC(c1ccc2ccccc2c1)P(=O)(O)O.CCC(c1ccc2ccccc2c1)P(=O)(O)O.[Mg]. The number of rotatable bonds is 6. The van der Waals surface area contributed by atoms with Gasteiger partial charge in [0, 0.05) is 23.1 Å². The van der Waals surface area contributed by atoms with Crippen molar-refractivity contribution in [1.82, 2.24) is 0 Å². The third-order valence-corrected chi connectivity index (χ3v) is 8.85. The zero-order valence-electron chi connectivity index (χ0n) is 19.9. The van der Waals surface area contributed by atoms with Gasteiger partial charge >= 0.3 is 15.2 Å². The summed E-state index contributed by atoms with van der Waals surface area (Å²) in [5.74, 6) is 0. The van der Waals surface area contributed by atoms with Gasteiger partial charge in [-0.25, -0.2) is 0 Å². The van der Waals surface area contributed by atoms with Crippen LogP contribution in [0.3, 0.4) is 0 Å². The number of hydrogen-bond acceptors (Lipinski definition) is 2. The molecule has 0 aromatic heterocycles. The second-order valence-electron chi connectivity index (χ2n) is 8.24. The average Bonchev–Trinajstić information content (AvgIpc) is 2.78. The maximum Gasteiger partial charge on any atom is 0.332 e. The van der Waals surface area contributed by atoms with Gasteiger partial charge in [-0.05, 0) is 45.5 Å². The minimum atomic E-state index is -4.08. The largest absolute Gasteiger partial charge is 0.332 e. The summed E-state index contributed by atoms with van der Waals surface area (Å²) in [5, 5.41) is 4.18. The molecule has 4 aromatic rings. The molecule has 0 saturated heterocycles. The molecule has 6 nitrogen and oxygen atoms in total. The van der Waals surface area contributed by atoms with Gasteiger partial charge in [-0.2, -0.15) is 0 Å². The van der Waals surface area contributed by atoms with Crippen molar-refractivity contribution >= 4 is 59.8 Å². The zero-order valence-corrected chi connectivity index (χ0v) is 23.1. The monoisotopic (exact) mass is 524 g/mol. The molecule has 0 aliphatic carbocycles. The third-order valence-electron chi connectivity index (χ3n) is 5.90. The standard InChI is InChI=1S/2C13H15O3P.Mg/c2*1-2-13(17(14,15)16)12-8-7-10-5-3-4-6-11(10)9-12;/h2*3-9,13H,2H2,1H3,(H2,14,15,16);. The van der Waals surface area contributed by atoms with E-state index in [1.165, 1.54) is 0 Å². The van der Waals surface area contributed by atoms with Gasteiger partial charge in [0.05, 0.1) is 11.3 Å². The minimum absolute atomic E-state index is 0. The van der Waals surface area contributed by atoms with Crippen LogP contribution in [0.1, 0.15) is 49.1 Å². The van der Waals surface area contributed by atoms with Crippen LogP contribution < -0.4 is 0 Å². The van der Waals surface area contributed by atoms with Crippen molar-refractivity contribution in [2.75, 3.05) is 0 Å². The lowest BCUT2D eigenvalue weighted by molar-refractivity contribution is 0.355. The van der Waals surface area contributed by atoms with E-state index < -0.39 is 26.5 Å². The summed E-state index contributed by atoms with van der Waals surface area (Å²) in [6, 6.07) is 26.7. The van der Waals surface area contributed by atoms with Gasteiger partial charge in [0.2, 0.25) is 0 Å². The van der Waals surface area contributed by atoms with Crippen molar-refractivity contribution in [2.24, 2.45) is 0 Å². The number of fused-ring (bicyclic) bond motifs is 2. The van der Waals surface area contributed by atoms with Gasteiger partial charge in [0.15, 0.2) is 0 Å². The molecule has 0 spiro atoms. The smallest absolute Gasteiger partial charge is 0.324 e. The molecule has 0 saturated carbocycles. The summed E-state index contributed by atoms with van der Waals surface area (Å²) in [6.07, 6.45) is 0.866. The fourth-order valence-electron chi connectivity index (χ4n) is 4.17. The molecule has 0 heterocycles. The Morgan fingerprint density at radius 3 is 1.17 bits per heavy atom. The van der Waals surface area contributed by atoms with Gasteiger partial charge in [0.1, 0.15) is 0 Å². The highest BCUT2D eigenvalue weighted by atomic mass is 31.2. The van der Waals surface area contributed by atoms with Crippen molar-refractivity contribution in [2.45, 2.75) is 38.0 Å². The van der Waals surface area contributed by atoms with E-state index in [1.807, 2.05) is 72.8 Å². The van der Waals surface area contributed by atoms with Gasteiger partial charge in [-0.15, -0.1) is 0 Å². The first-order chi connectivity index (χ1) is 16.0. The molecule has 182 valence electrons. The zero-order chi connectivity index (χ0) is 24.9.